The average molecular weight is 419 g/mol. The molecule has 2 saturated carbocycles. The minimum absolute atomic E-state index is 0.0166. The first kappa shape index (κ1) is 20.7. The fraction of sp³-hybridized carbons (Fsp3) is 0.519. The molecule has 31 heavy (non-hydrogen) atoms. The van der Waals surface area contributed by atoms with Crippen molar-refractivity contribution in [3.05, 3.63) is 71.8 Å². The van der Waals surface area contributed by atoms with Crippen molar-refractivity contribution in [3.8, 4) is 0 Å². The zero-order valence-corrected chi connectivity index (χ0v) is 18.2. The van der Waals surface area contributed by atoms with Gasteiger partial charge in [-0.05, 0) is 55.2 Å². The third kappa shape index (κ3) is 4.16. The maximum Gasteiger partial charge on any atom is 0.257 e. The highest BCUT2D eigenvalue weighted by molar-refractivity contribution is 5.87. The molecule has 1 saturated heterocycles. The van der Waals surface area contributed by atoms with Crippen molar-refractivity contribution in [2.75, 3.05) is 19.6 Å². The molecule has 1 aliphatic heterocycles. The molecule has 1 heterocycles. The van der Waals surface area contributed by atoms with E-state index in [9.17, 15) is 9.90 Å². The molecule has 0 aromatic heterocycles. The number of fused-ring (bicyclic) bond motifs is 1. The number of aryl methyl sites for hydroxylation is 1. The number of carbonyl (C=O) groups is 1. The Morgan fingerprint density at radius 1 is 0.968 bits per heavy atom. The van der Waals surface area contributed by atoms with Gasteiger partial charge in [0.05, 0.1) is 0 Å². The van der Waals surface area contributed by atoms with Crippen LogP contribution in [0, 0.1) is 17.8 Å². The SMILES string of the molecule is O=C(N[C@H]1C2CN(CCCc3ccccc3)C[C@@H]21)C(O)(c1ccccc1)C1CCCC1. The number of rotatable bonds is 8. The highest BCUT2D eigenvalue weighted by atomic mass is 16.3. The highest BCUT2D eigenvalue weighted by Crippen LogP contribution is 2.47. The van der Waals surface area contributed by atoms with Crippen molar-refractivity contribution in [1.29, 1.82) is 0 Å². The van der Waals surface area contributed by atoms with Gasteiger partial charge in [-0.2, -0.15) is 0 Å². The third-order valence-corrected chi connectivity index (χ3v) is 7.86. The second-order valence-corrected chi connectivity index (χ2v) is 9.79. The second-order valence-electron chi connectivity index (χ2n) is 9.79. The zero-order valence-electron chi connectivity index (χ0n) is 18.2. The van der Waals surface area contributed by atoms with Gasteiger partial charge in [0.25, 0.3) is 5.91 Å². The lowest BCUT2D eigenvalue weighted by Crippen LogP contribution is -2.51. The number of piperidine rings is 1. The fourth-order valence-corrected chi connectivity index (χ4v) is 6.01. The van der Waals surface area contributed by atoms with E-state index in [0.717, 1.165) is 57.3 Å². The van der Waals surface area contributed by atoms with Crippen LogP contribution in [0.2, 0.25) is 0 Å². The summed E-state index contributed by atoms with van der Waals surface area (Å²) >= 11 is 0. The molecule has 0 bridgehead atoms. The maximum absolute atomic E-state index is 13.4. The Hall–Kier alpha value is -2.17. The van der Waals surface area contributed by atoms with Crippen molar-refractivity contribution < 1.29 is 9.90 Å². The Morgan fingerprint density at radius 3 is 2.23 bits per heavy atom. The first-order valence-electron chi connectivity index (χ1n) is 12.0. The summed E-state index contributed by atoms with van der Waals surface area (Å²) in [6.45, 7) is 3.26. The molecular formula is C27H34N2O2. The number of likely N-dealkylation sites (tertiary alicyclic amines) is 1. The first-order valence-corrected chi connectivity index (χ1v) is 12.0. The van der Waals surface area contributed by atoms with Crippen LogP contribution in [0.15, 0.2) is 60.7 Å². The molecule has 4 heteroatoms. The molecule has 5 rings (SSSR count). The predicted octanol–water partition coefficient (Wildman–Crippen LogP) is 3.74. The van der Waals surface area contributed by atoms with Gasteiger partial charge in [0.1, 0.15) is 0 Å². The van der Waals surface area contributed by atoms with Crippen LogP contribution in [0.1, 0.15) is 43.2 Å². The average Bonchev–Trinajstić information content (AvgIpc) is 3.22. The number of amides is 1. The molecule has 2 aliphatic carbocycles. The van der Waals surface area contributed by atoms with E-state index >= 15 is 0 Å². The molecule has 3 aliphatic rings. The van der Waals surface area contributed by atoms with Gasteiger partial charge in [0.2, 0.25) is 0 Å². The van der Waals surface area contributed by atoms with Crippen LogP contribution >= 0.6 is 0 Å². The van der Waals surface area contributed by atoms with Crippen molar-refractivity contribution in [3.63, 3.8) is 0 Å². The summed E-state index contributed by atoms with van der Waals surface area (Å²) in [4.78, 5) is 15.9. The van der Waals surface area contributed by atoms with E-state index in [1.807, 2.05) is 30.3 Å². The predicted molar refractivity (Wildman–Crippen MR) is 122 cm³/mol. The van der Waals surface area contributed by atoms with Gasteiger partial charge in [-0.15, -0.1) is 0 Å². The van der Waals surface area contributed by atoms with Crippen LogP contribution in [0.4, 0.5) is 0 Å². The lowest BCUT2D eigenvalue weighted by Gasteiger charge is -2.33. The van der Waals surface area contributed by atoms with Crippen LogP contribution in [-0.2, 0) is 16.8 Å². The molecule has 2 aromatic carbocycles. The zero-order chi connectivity index (χ0) is 21.3. The first-order chi connectivity index (χ1) is 15.2. The van der Waals surface area contributed by atoms with E-state index in [0.29, 0.717) is 11.8 Å². The van der Waals surface area contributed by atoms with Crippen LogP contribution in [-0.4, -0.2) is 41.6 Å². The molecule has 2 unspecified atom stereocenters. The lowest BCUT2D eigenvalue weighted by molar-refractivity contribution is -0.147. The number of nitrogens with zero attached hydrogens (tertiary/aromatic N) is 1. The highest BCUT2D eigenvalue weighted by Gasteiger charge is 2.58. The Balaban J connectivity index is 1.15. The normalized spacial score (nSPS) is 27.6. The largest absolute Gasteiger partial charge is 0.375 e. The number of benzene rings is 2. The summed E-state index contributed by atoms with van der Waals surface area (Å²) < 4.78 is 0. The quantitative estimate of drug-likeness (QED) is 0.687. The van der Waals surface area contributed by atoms with Crippen molar-refractivity contribution in [2.45, 2.75) is 50.2 Å². The van der Waals surface area contributed by atoms with Crippen molar-refractivity contribution in [1.82, 2.24) is 10.2 Å². The van der Waals surface area contributed by atoms with E-state index in [1.54, 1.807) is 0 Å². The summed E-state index contributed by atoms with van der Waals surface area (Å²) in [5.74, 6) is 0.928. The number of hydrogen-bond donors (Lipinski definition) is 2. The topological polar surface area (TPSA) is 52.6 Å². The third-order valence-electron chi connectivity index (χ3n) is 7.86. The molecule has 1 amide bonds. The van der Waals surface area contributed by atoms with Gasteiger partial charge in [0, 0.05) is 25.0 Å². The fourth-order valence-electron chi connectivity index (χ4n) is 6.01. The molecule has 0 radical (unpaired) electrons. The number of aliphatic hydroxyl groups is 1. The van der Waals surface area contributed by atoms with Crippen molar-refractivity contribution >= 4 is 5.91 Å². The molecule has 2 N–H and O–H groups in total. The van der Waals surface area contributed by atoms with Gasteiger partial charge >= 0.3 is 0 Å². The lowest BCUT2D eigenvalue weighted by atomic mass is 9.79. The van der Waals surface area contributed by atoms with Crippen LogP contribution in [0.3, 0.4) is 0 Å². The molecule has 164 valence electrons. The minimum atomic E-state index is -1.40. The molecule has 0 spiro atoms. The summed E-state index contributed by atoms with van der Waals surface area (Å²) in [6, 6.07) is 20.5. The molecular weight excluding hydrogens is 384 g/mol. The molecule has 4 nitrogen and oxygen atoms in total. The van der Waals surface area contributed by atoms with E-state index in [-0.39, 0.29) is 17.9 Å². The van der Waals surface area contributed by atoms with Crippen molar-refractivity contribution in [2.24, 2.45) is 17.8 Å². The monoisotopic (exact) mass is 418 g/mol. The van der Waals surface area contributed by atoms with E-state index in [1.165, 1.54) is 12.0 Å². The smallest absolute Gasteiger partial charge is 0.257 e. The number of nitrogens with one attached hydrogen (secondary N) is 1. The van der Waals surface area contributed by atoms with Gasteiger partial charge in [-0.3, -0.25) is 4.79 Å². The second kappa shape index (κ2) is 8.76. The standard InChI is InChI=1S/C27H34N2O2/c30-26(27(31,22-15-7-8-16-22)21-13-5-2-6-14-21)28-25-23-18-29(19-24(23)25)17-9-12-20-10-3-1-4-11-20/h1-6,10-11,13-14,22-25,31H,7-9,12,15-19H2,(H,28,30)/t23-,24?,25+,27?/m0/s1. The van der Waals surface area contributed by atoms with E-state index < -0.39 is 5.60 Å². The molecule has 2 aromatic rings. The van der Waals surface area contributed by atoms with Gasteiger partial charge in [0.15, 0.2) is 5.60 Å². The number of carbonyl (C=O) groups excluding carboxylic acids is 1. The summed E-state index contributed by atoms with van der Waals surface area (Å²) in [5, 5.41) is 14.9. The number of hydrogen-bond acceptors (Lipinski definition) is 3. The Bertz CT molecular complexity index is 869. The minimum Gasteiger partial charge on any atom is -0.375 e. The van der Waals surface area contributed by atoms with Crippen LogP contribution < -0.4 is 5.32 Å². The van der Waals surface area contributed by atoms with Gasteiger partial charge in [-0.25, -0.2) is 0 Å². The van der Waals surface area contributed by atoms with Crippen LogP contribution in [0.5, 0.6) is 0 Å². The summed E-state index contributed by atoms with van der Waals surface area (Å²) in [7, 11) is 0. The summed E-state index contributed by atoms with van der Waals surface area (Å²) in [5.41, 5.74) is 0.751. The summed E-state index contributed by atoms with van der Waals surface area (Å²) in [6.07, 6.45) is 6.34. The molecule has 3 fully saturated rings. The Morgan fingerprint density at radius 2 is 1.58 bits per heavy atom. The van der Waals surface area contributed by atoms with Gasteiger partial charge in [-0.1, -0.05) is 73.5 Å². The van der Waals surface area contributed by atoms with E-state index in [4.69, 9.17) is 0 Å². The maximum atomic E-state index is 13.4. The van der Waals surface area contributed by atoms with E-state index in [2.05, 4.69) is 40.5 Å². The Kier molecular flexibility index (Phi) is 5.85. The van der Waals surface area contributed by atoms with Gasteiger partial charge < -0.3 is 15.3 Å². The van der Waals surface area contributed by atoms with Crippen LogP contribution in [0.25, 0.3) is 0 Å². The molecule has 4 atom stereocenters. The Labute approximate surface area is 185 Å².